The van der Waals surface area contributed by atoms with Crippen LogP contribution >= 0.6 is 0 Å². The van der Waals surface area contributed by atoms with Crippen molar-refractivity contribution in [2.75, 3.05) is 19.7 Å². The zero-order valence-electron chi connectivity index (χ0n) is 11.1. The van der Waals surface area contributed by atoms with E-state index in [0.29, 0.717) is 13.2 Å². The van der Waals surface area contributed by atoms with Gasteiger partial charge in [0.2, 0.25) is 0 Å². The van der Waals surface area contributed by atoms with Crippen LogP contribution in [-0.2, 0) is 14.9 Å². The Hall–Kier alpha value is -1.35. The van der Waals surface area contributed by atoms with Crippen molar-refractivity contribution in [2.24, 2.45) is 5.92 Å². The number of hydrogen-bond acceptors (Lipinski definition) is 3. The van der Waals surface area contributed by atoms with Crippen LogP contribution < -0.4 is 5.32 Å². The van der Waals surface area contributed by atoms with E-state index in [1.165, 1.54) is 5.56 Å². The van der Waals surface area contributed by atoms with Crippen molar-refractivity contribution in [3.63, 3.8) is 0 Å². The van der Waals surface area contributed by atoms with Crippen molar-refractivity contribution in [1.82, 2.24) is 5.32 Å². The van der Waals surface area contributed by atoms with Crippen LogP contribution in [0.1, 0.15) is 25.8 Å². The highest BCUT2D eigenvalue weighted by Gasteiger charge is 2.47. The molecule has 3 heteroatoms. The highest BCUT2D eigenvalue weighted by molar-refractivity contribution is 5.75. The van der Waals surface area contributed by atoms with Gasteiger partial charge < -0.3 is 10.1 Å². The van der Waals surface area contributed by atoms with Crippen LogP contribution in [0.3, 0.4) is 0 Å². The highest BCUT2D eigenvalue weighted by atomic mass is 16.5. The molecule has 0 amide bonds. The standard InChI is InChI=1S/C15H21NO2/c1-3-15(12-8-6-5-7-9-12)11-16-10-13(15)14(17)18-4-2/h5-9,13,16H,3-4,10-11H2,1-2H3. The molecule has 0 radical (unpaired) electrons. The molecule has 0 aromatic heterocycles. The van der Waals surface area contributed by atoms with Crippen LogP contribution in [-0.4, -0.2) is 25.7 Å². The van der Waals surface area contributed by atoms with E-state index in [4.69, 9.17) is 4.74 Å². The van der Waals surface area contributed by atoms with Gasteiger partial charge in [0, 0.05) is 18.5 Å². The number of nitrogens with one attached hydrogen (secondary N) is 1. The fourth-order valence-electron chi connectivity index (χ4n) is 2.96. The Kier molecular flexibility index (Phi) is 4.02. The van der Waals surface area contributed by atoms with Gasteiger partial charge in [-0.05, 0) is 18.9 Å². The third-order valence-electron chi connectivity index (χ3n) is 4.01. The van der Waals surface area contributed by atoms with Crippen molar-refractivity contribution in [3.05, 3.63) is 35.9 Å². The molecule has 1 aliphatic heterocycles. The summed E-state index contributed by atoms with van der Waals surface area (Å²) < 4.78 is 5.23. The van der Waals surface area contributed by atoms with Gasteiger partial charge in [0.15, 0.2) is 0 Å². The molecule has 1 N–H and O–H groups in total. The molecule has 1 fully saturated rings. The van der Waals surface area contributed by atoms with Gasteiger partial charge in [-0.25, -0.2) is 0 Å². The number of ether oxygens (including phenoxy) is 1. The lowest BCUT2D eigenvalue weighted by Crippen LogP contribution is -2.39. The molecule has 2 unspecified atom stereocenters. The molecule has 2 atom stereocenters. The van der Waals surface area contributed by atoms with E-state index in [-0.39, 0.29) is 17.3 Å². The number of esters is 1. The van der Waals surface area contributed by atoms with Crippen molar-refractivity contribution in [2.45, 2.75) is 25.7 Å². The molecule has 98 valence electrons. The molecule has 18 heavy (non-hydrogen) atoms. The van der Waals surface area contributed by atoms with E-state index in [9.17, 15) is 4.79 Å². The Balaban J connectivity index is 2.33. The molecule has 1 aromatic carbocycles. The fraction of sp³-hybridized carbons (Fsp3) is 0.533. The van der Waals surface area contributed by atoms with Crippen molar-refractivity contribution in [3.8, 4) is 0 Å². The van der Waals surface area contributed by atoms with Crippen LogP contribution in [0.5, 0.6) is 0 Å². The first-order valence-electron chi connectivity index (χ1n) is 6.67. The molecule has 0 spiro atoms. The van der Waals surface area contributed by atoms with Crippen LogP contribution in [0.4, 0.5) is 0 Å². The summed E-state index contributed by atoms with van der Waals surface area (Å²) in [5, 5.41) is 3.35. The van der Waals surface area contributed by atoms with Gasteiger partial charge >= 0.3 is 5.97 Å². The summed E-state index contributed by atoms with van der Waals surface area (Å²) in [5.74, 6) is -0.155. The topological polar surface area (TPSA) is 38.3 Å². The second kappa shape index (κ2) is 5.53. The lowest BCUT2D eigenvalue weighted by Gasteiger charge is -2.32. The van der Waals surface area contributed by atoms with Gasteiger partial charge in [-0.2, -0.15) is 0 Å². The third-order valence-corrected chi connectivity index (χ3v) is 4.01. The summed E-state index contributed by atoms with van der Waals surface area (Å²) in [6.45, 7) is 6.01. The molecular formula is C15H21NO2. The van der Waals surface area contributed by atoms with Crippen LogP contribution in [0.25, 0.3) is 0 Å². The minimum atomic E-state index is -0.118. The van der Waals surface area contributed by atoms with E-state index < -0.39 is 0 Å². The van der Waals surface area contributed by atoms with E-state index in [0.717, 1.165) is 13.0 Å². The van der Waals surface area contributed by atoms with Gasteiger partial charge in [-0.1, -0.05) is 37.3 Å². The van der Waals surface area contributed by atoms with Gasteiger partial charge in [0.1, 0.15) is 0 Å². The largest absolute Gasteiger partial charge is 0.466 e. The maximum Gasteiger partial charge on any atom is 0.311 e. The third kappa shape index (κ3) is 2.15. The summed E-state index contributed by atoms with van der Waals surface area (Å²) >= 11 is 0. The number of carbonyl (C=O) groups is 1. The Morgan fingerprint density at radius 2 is 2.11 bits per heavy atom. The average molecular weight is 247 g/mol. The zero-order valence-corrected chi connectivity index (χ0v) is 11.1. The first-order valence-corrected chi connectivity index (χ1v) is 6.67. The molecule has 0 aliphatic carbocycles. The van der Waals surface area contributed by atoms with Crippen LogP contribution in [0, 0.1) is 5.92 Å². The SMILES string of the molecule is CCOC(=O)C1CNCC1(CC)c1ccccc1. The summed E-state index contributed by atoms with van der Waals surface area (Å²) in [5.41, 5.74) is 1.11. The van der Waals surface area contributed by atoms with Gasteiger partial charge in [0.25, 0.3) is 0 Å². The maximum absolute atomic E-state index is 12.1. The minimum absolute atomic E-state index is 0.0757. The zero-order chi connectivity index (χ0) is 13.0. The normalized spacial score (nSPS) is 27.1. The van der Waals surface area contributed by atoms with Crippen molar-refractivity contribution in [1.29, 1.82) is 0 Å². The Morgan fingerprint density at radius 3 is 2.72 bits per heavy atom. The summed E-state index contributed by atoms with van der Waals surface area (Å²) in [6, 6.07) is 10.3. The molecule has 0 saturated carbocycles. The Morgan fingerprint density at radius 1 is 1.39 bits per heavy atom. The smallest absolute Gasteiger partial charge is 0.311 e. The molecule has 1 heterocycles. The second-order valence-electron chi connectivity index (χ2n) is 4.81. The van der Waals surface area contributed by atoms with Crippen LogP contribution in [0.15, 0.2) is 30.3 Å². The molecule has 1 saturated heterocycles. The van der Waals surface area contributed by atoms with Gasteiger partial charge in [-0.3, -0.25) is 4.79 Å². The predicted molar refractivity (Wildman–Crippen MR) is 71.4 cm³/mol. The lowest BCUT2D eigenvalue weighted by molar-refractivity contribution is -0.149. The number of benzene rings is 1. The number of hydrogen-bond donors (Lipinski definition) is 1. The average Bonchev–Trinajstić information content (AvgIpc) is 2.85. The lowest BCUT2D eigenvalue weighted by atomic mass is 9.70. The first-order chi connectivity index (χ1) is 8.74. The van der Waals surface area contributed by atoms with Gasteiger partial charge in [-0.15, -0.1) is 0 Å². The maximum atomic E-state index is 12.1. The minimum Gasteiger partial charge on any atom is -0.466 e. The fourth-order valence-corrected chi connectivity index (χ4v) is 2.96. The van der Waals surface area contributed by atoms with E-state index in [1.807, 2.05) is 25.1 Å². The quantitative estimate of drug-likeness (QED) is 0.828. The highest BCUT2D eigenvalue weighted by Crippen LogP contribution is 2.39. The monoisotopic (exact) mass is 247 g/mol. The van der Waals surface area contributed by atoms with Crippen molar-refractivity contribution < 1.29 is 9.53 Å². The van der Waals surface area contributed by atoms with Gasteiger partial charge in [0.05, 0.1) is 12.5 Å². The van der Waals surface area contributed by atoms with Crippen LogP contribution in [0.2, 0.25) is 0 Å². The summed E-state index contributed by atoms with van der Waals surface area (Å²) in [7, 11) is 0. The molecule has 3 nitrogen and oxygen atoms in total. The second-order valence-corrected chi connectivity index (χ2v) is 4.81. The Bertz CT molecular complexity index is 404. The summed E-state index contributed by atoms with van der Waals surface area (Å²) in [4.78, 5) is 12.1. The van der Waals surface area contributed by atoms with E-state index in [1.54, 1.807) is 0 Å². The number of rotatable bonds is 4. The molecule has 2 rings (SSSR count). The van der Waals surface area contributed by atoms with Crippen molar-refractivity contribution >= 4 is 5.97 Å². The summed E-state index contributed by atoms with van der Waals surface area (Å²) in [6.07, 6.45) is 0.938. The molecule has 1 aliphatic rings. The predicted octanol–water partition coefficient (Wildman–Crippen LogP) is 2.12. The first kappa shape index (κ1) is 13.1. The number of carbonyl (C=O) groups excluding carboxylic acids is 1. The molecule has 0 bridgehead atoms. The Labute approximate surface area is 109 Å². The molecular weight excluding hydrogens is 226 g/mol. The van der Waals surface area contributed by atoms with E-state index in [2.05, 4.69) is 24.4 Å². The van der Waals surface area contributed by atoms with E-state index >= 15 is 0 Å². The molecule has 1 aromatic rings.